The molecule has 11 rings (SSSR count). The molecular weight excluding hydrogens is 653 g/mol. The molecule has 2 nitrogen and oxygen atoms in total. The number of rotatable bonds is 4. The van der Waals surface area contributed by atoms with Crippen LogP contribution in [0.25, 0.3) is 81.5 Å². The Bertz CT molecular complexity index is 3100. The van der Waals surface area contributed by atoms with E-state index >= 15 is 0 Å². The Labute approximate surface area is 314 Å². The van der Waals surface area contributed by atoms with Gasteiger partial charge in [-0.1, -0.05) is 176 Å². The van der Waals surface area contributed by atoms with Gasteiger partial charge < -0.3 is 5.32 Å². The summed E-state index contributed by atoms with van der Waals surface area (Å²) < 4.78 is 0. The fourth-order valence-electron chi connectivity index (χ4n) is 8.83. The third-order valence-corrected chi connectivity index (χ3v) is 11.5. The van der Waals surface area contributed by atoms with E-state index in [0.29, 0.717) is 0 Å². The van der Waals surface area contributed by atoms with E-state index in [-0.39, 0.29) is 12.2 Å². The van der Waals surface area contributed by atoms with Crippen LogP contribution in [0.4, 0.5) is 0 Å². The average Bonchev–Trinajstić information content (AvgIpc) is 3.25. The molecule has 0 saturated carbocycles. The third-order valence-electron chi connectivity index (χ3n) is 11.5. The summed E-state index contributed by atoms with van der Waals surface area (Å²) in [6.07, 6.45) is 2.30. The highest BCUT2D eigenvalue weighted by Gasteiger charge is 2.25. The van der Waals surface area contributed by atoms with E-state index in [1.807, 2.05) is 0 Å². The van der Waals surface area contributed by atoms with Crippen LogP contribution in [-0.2, 0) is 0 Å². The van der Waals surface area contributed by atoms with Gasteiger partial charge in [-0.25, -0.2) is 0 Å². The predicted octanol–water partition coefficient (Wildman–Crippen LogP) is 13.2. The Morgan fingerprint density at radius 2 is 0.870 bits per heavy atom. The van der Waals surface area contributed by atoms with Gasteiger partial charge in [-0.3, -0.25) is 5.32 Å². The van der Waals surface area contributed by atoms with Crippen molar-refractivity contribution < 1.29 is 0 Å². The largest absolute Gasteiger partial charge is 0.366 e. The van der Waals surface area contributed by atoms with Crippen LogP contribution in [-0.4, -0.2) is 0 Å². The van der Waals surface area contributed by atoms with Gasteiger partial charge in [0.15, 0.2) is 0 Å². The fourth-order valence-corrected chi connectivity index (χ4v) is 8.83. The Balaban J connectivity index is 1.01. The third kappa shape index (κ3) is 5.07. The van der Waals surface area contributed by atoms with Gasteiger partial charge in [-0.2, -0.15) is 0 Å². The lowest BCUT2D eigenvalue weighted by atomic mass is 9.89. The molecule has 0 amide bonds. The minimum atomic E-state index is -0.0511. The Hall–Kier alpha value is -6.74. The van der Waals surface area contributed by atoms with E-state index < -0.39 is 0 Å². The molecule has 2 atom stereocenters. The first-order chi connectivity index (χ1) is 26.7. The second-order valence-corrected chi connectivity index (χ2v) is 14.6. The summed E-state index contributed by atoms with van der Waals surface area (Å²) in [4.78, 5) is 0. The van der Waals surface area contributed by atoms with Gasteiger partial charge in [-0.15, -0.1) is 0 Å². The van der Waals surface area contributed by atoms with Crippen molar-refractivity contribution in [2.75, 3.05) is 0 Å². The Kier molecular flexibility index (Phi) is 7.11. The quantitative estimate of drug-likeness (QED) is 0.142. The fraction of sp³-hybridized carbons (Fsp3) is 0.0385. The summed E-state index contributed by atoms with van der Waals surface area (Å²) in [6.45, 7) is 0. The molecule has 254 valence electrons. The summed E-state index contributed by atoms with van der Waals surface area (Å²) in [5, 5.41) is 23.1. The maximum absolute atomic E-state index is 3.92. The van der Waals surface area contributed by atoms with Crippen LogP contribution in [0.1, 0.15) is 28.9 Å². The van der Waals surface area contributed by atoms with Crippen molar-refractivity contribution in [2.45, 2.75) is 12.2 Å². The lowest BCUT2D eigenvalue weighted by Crippen LogP contribution is -2.39. The van der Waals surface area contributed by atoms with Crippen molar-refractivity contribution in [1.29, 1.82) is 0 Å². The zero-order valence-electron chi connectivity index (χ0n) is 29.6. The zero-order chi connectivity index (χ0) is 35.6. The van der Waals surface area contributed by atoms with Crippen LogP contribution < -0.4 is 10.6 Å². The number of nitrogens with one attached hydrogen (secondary N) is 2. The van der Waals surface area contributed by atoms with E-state index in [9.17, 15) is 0 Å². The Morgan fingerprint density at radius 3 is 1.61 bits per heavy atom. The molecular formula is C52H36N2. The molecule has 1 aliphatic heterocycles. The van der Waals surface area contributed by atoms with Gasteiger partial charge in [0.25, 0.3) is 0 Å². The van der Waals surface area contributed by atoms with Gasteiger partial charge in [0, 0.05) is 5.70 Å². The second kappa shape index (κ2) is 12.4. The van der Waals surface area contributed by atoms with Crippen molar-refractivity contribution >= 4 is 70.3 Å². The van der Waals surface area contributed by atoms with Crippen molar-refractivity contribution in [3.63, 3.8) is 0 Å². The first kappa shape index (κ1) is 30.8. The summed E-state index contributed by atoms with van der Waals surface area (Å²) in [7, 11) is 0. The van der Waals surface area contributed by atoms with Crippen molar-refractivity contribution in [3.05, 3.63) is 211 Å². The molecule has 0 aliphatic carbocycles. The Morgan fingerprint density at radius 1 is 0.333 bits per heavy atom. The molecule has 0 aromatic heterocycles. The van der Waals surface area contributed by atoms with Gasteiger partial charge in [0.05, 0.1) is 6.04 Å². The van der Waals surface area contributed by atoms with E-state index in [1.54, 1.807) is 0 Å². The number of hydrogen-bond acceptors (Lipinski definition) is 2. The van der Waals surface area contributed by atoms with Crippen molar-refractivity contribution in [1.82, 2.24) is 10.6 Å². The highest BCUT2D eigenvalue weighted by Crippen LogP contribution is 2.40. The molecule has 0 fully saturated rings. The average molecular weight is 689 g/mol. The SMILES string of the molecule is C1=C(c2ccc(-c3c4ccccc4cc4c3ccc3ccccc34)cc2)NC(c2ccccc2)NC1c1ccc2c(ccc3c4ccccc4ccc23)c1. The summed E-state index contributed by atoms with van der Waals surface area (Å²) in [6, 6.07) is 69.0. The second-order valence-electron chi connectivity index (χ2n) is 14.6. The smallest absolute Gasteiger partial charge is 0.104 e. The summed E-state index contributed by atoms with van der Waals surface area (Å²) in [5.41, 5.74) is 7.24. The van der Waals surface area contributed by atoms with E-state index in [0.717, 1.165) is 5.70 Å². The molecule has 2 heteroatoms. The highest BCUT2D eigenvalue weighted by molar-refractivity contribution is 6.20. The first-order valence-corrected chi connectivity index (χ1v) is 18.8. The molecule has 0 spiro atoms. The predicted molar refractivity (Wildman–Crippen MR) is 230 cm³/mol. The van der Waals surface area contributed by atoms with Crippen molar-refractivity contribution in [2.24, 2.45) is 0 Å². The minimum absolute atomic E-state index is 0.0122. The van der Waals surface area contributed by atoms with Gasteiger partial charge in [0.2, 0.25) is 0 Å². The standard InChI is InChI=1S/C52H36N2/c1-2-12-37(13-3-1)52-53-49(32-50(54-52)40-25-26-43-39(30-40)24-28-45-41-15-7-4-10-33(41)22-27-46(43)45)35-18-20-36(21-19-35)51-44-17-9-6-14-38(44)31-48-42-16-8-5-11-34(42)23-29-47(48)51/h1-32,50,52-54H. The van der Waals surface area contributed by atoms with Gasteiger partial charge in [0.1, 0.15) is 6.17 Å². The molecule has 2 N–H and O–H groups in total. The summed E-state index contributed by atoms with van der Waals surface area (Å²) in [5.74, 6) is 0. The van der Waals surface area contributed by atoms with Gasteiger partial charge in [-0.05, 0) is 111 Å². The van der Waals surface area contributed by atoms with Crippen molar-refractivity contribution in [3.8, 4) is 11.1 Å². The van der Waals surface area contributed by atoms with Crippen LogP contribution in [0.3, 0.4) is 0 Å². The molecule has 0 bridgehead atoms. The molecule has 2 unspecified atom stereocenters. The van der Waals surface area contributed by atoms with E-state index in [1.165, 1.54) is 92.5 Å². The van der Waals surface area contributed by atoms with Gasteiger partial charge >= 0.3 is 0 Å². The topological polar surface area (TPSA) is 24.1 Å². The van der Waals surface area contributed by atoms with Crippen LogP contribution in [0.15, 0.2) is 194 Å². The molecule has 10 aromatic carbocycles. The molecule has 0 saturated heterocycles. The number of benzene rings is 10. The maximum Gasteiger partial charge on any atom is 0.104 e. The van der Waals surface area contributed by atoms with E-state index in [4.69, 9.17) is 0 Å². The van der Waals surface area contributed by atoms with Crippen LogP contribution in [0.2, 0.25) is 0 Å². The summed E-state index contributed by atoms with van der Waals surface area (Å²) >= 11 is 0. The molecule has 54 heavy (non-hydrogen) atoms. The van der Waals surface area contributed by atoms with Crippen LogP contribution in [0, 0.1) is 0 Å². The number of hydrogen-bond donors (Lipinski definition) is 2. The maximum atomic E-state index is 3.92. The number of fused-ring (bicyclic) bond motifs is 9. The monoisotopic (exact) mass is 688 g/mol. The molecule has 10 aromatic rings. The minimum Gasteiger partial charge on any atom is -0.366 e. The molecule has 1 heterocycles. The molecule has 1 aliphatic rings. The van der Waals surface area contributed by atoms with Crippen LogP contribution >= 0.6 is 0 Å². The highest BCUT2D eigenvalue weighted by atomic mass is 15.2. The lowest BCUT2D eigenvalue weighted by Gasteiger charge is -2.33. The first-order valence-electron chi connectivity index (χ1n) is 18.8. The van der Waals surface area contributed by atoms with Crippen LogP contribution in [0.5, 0.6) is 0 Å². The normalized spacial score (nSPS) is 16.0. The lowest BCUT2D eigenvalue weighted by molar-refractivity contribution is 0.443. The molecule has 0 radical (unpaired) electrons. The zero-order valence-corrected chi connectivity index (χ0v) is 29.6. The van der Waals surface area contributed by atoms with E-state index in [2.05, 4.69) is 205 Å².